The minimum Gasteiger partial charge on any atom is -0.467 e. The molecule has 1 unspecified atom stereocenters. The summed E-state index contributed by atoms with van der Waals surface area (Å²) in [4.78, 5) is 11.7. The molecule has 1 atom stereocenters. The van der Waals surface area contributed by atoms with Gasteiger partial charge in [-0.1, -0.05) is 13.8 Å². The van der Waals surface area contributed by atoms with E-state index in [4.69, 9.17) is 10.5 Å². The van der Waals surface area contributed by atoms with Crippen LogP contribution < -0.4 is 11.1 Å². The second-order valence-corrected chi connectivity index (χ2v) is 5.56. The van der Waals surface area contributed by atoms with Crippen molar-refractivity contribution in [2.24, 2.45) is 5.92 Å². The lowest BCUT2D eigenvalue weighted by atomic mass is 10.0. The third-order valence-electron chi connectivity index (χ3n) is 2.61. The number of hydrogen-bond acceptors (Lipinski definition) is 4. The second kappa shape index (κ2) is 6.75. The van der Waals surface area contributed by atoms with Gasteiger partial charge in [-0.05, 0) is 34.3 Å². The van der Waals surface area contributed by atoms with E-state index in [1.807, 2.05) is 13.8 Å². The summed E-state index contributed by atoms with van der Waals surface area (Å²) in [5, 5.41) is 2.94. The van der Waals surface area contributed by atoms with Gasteiger partial charge >= 0.3 is 5.97 Å². The summed E-state index contributed by atoms with van der Waals surface area (Å²) in [6, 6.07) is 2.17. The van der Waals surface area contributed by atoms with Gasteiger partial charge in [-0.25, -0.2) is 9.18 Å². The number of methoxy groups -OCH3 is 1. The van der Waals surface area contributed by atoms with Crippen molar-refractivity contribution in [3.8, 4) is 0 Å². The summed E-state index contributed by atoms with van der Waals surface area (Å²) in [5.74, 6) is -0.542. The van der Waals surface area contributed by atoms with Crippen molar-refractivity contribution >= 4 is 33.3 Å². The summed E-state index contributed by atoms with van der Waals surface area (Å²) in [5.41, 5.74) is 6.55. The van der Waals surface area contributed by atoms with E-state index < -0.39 is 17.8 Å². The molecule has 0 heterocycles. The maximum absolute atomic E-state index is 13.5. The van der Waals surface area contributed by atoms with Gasteiger partial charge in [0.05, 0.1) is 23.0 Å². The van der Waals surface area contributed by atoms with Crippen molar-refractivity contribution in [3.63, 3.8) is 0 Å². The second-order valence-electron chi connectivity index (χ2n) is 4.70. The third-order valence-corrected chi connectivity index (χ3v) is 3.22. The van der Waals surface area contributed by atoms with Crippen LogP contribution in [-0.2, 0) is 9.53 Å². The highest BCUT2D eigenvalue weighted by Gasteiger charge is 2.21. The Balaban J connectivity index is 2.96. The Morgan fingerprint density at radius 3 is 2.68 bits per heavy atom. The van der Waals surface area contributed by atoms with E-state index in [-0.39, 0.29) is 10.4 Å². The van der Waals surface area contributed by atoms with E-state index in [2.05, 4.69) is 21.2 Å². The van der Waals surface area contributed by atoms with Crippen LogP contribution in [0, 0.1) is 11.7 Å². The van der Waals surface area contributed by atoms with E-state index in [9.17, 15) is 9.18 Å². The van der Waals surface area contributed by atoms with Gasteiger partial charge in [0.25, 0.3) is 0 Å². The maximum atomic E-state index is 13.5. The summed E-state index contributed by atoms with van der Waals surface area (Å²) in [6.07, 6.45) is 0.573. The predicted octanol–water partition coefficient (Wildman–Crippen LogP) is 3.17. The molecular weight excluding hydrogens is 315 g/mol. The number of benzene rings is 1. The molecule has 0 aromatic heterocycles. The Morgan fingerprint density at radius 2 is 2.16 bits per heavy atom. The van der Waals surface area contributed by atoms with Gasteiger partial charge in [0.15, 0.2) is 0 Å². The first-order chi connectivity index (χ1) is 8.85. The van der Waals surface area contributed by atoms with Crippen LogP contribution >= 0.6 is 15.9 Å². The lowest BCUT2D eigenvalue weighted by molar-refractivity contribution is -0.141. The number of nitrogen functional groups attached to an aromatic ring is 1. The summed E-state index contributed by atoms with van der Waals surface area (Å²) in [6.45, 7) is 3.98. The monoisotopic (exact) mass is 332 g/mol. The van der Waals surface area contributed by atoms with E-state index in [0.29, 0.717) is 17.8 Å². The van der Waals surface area contributed by atoms with Crippen molar-refractivity contribution in [2.45, 2.75) is 26.3 Å². The Morgan fingerprint density at radius 1 is 1.53 bits per heavy atom. The Hall–Kier alpha value is -1.30. The number of anilines is 2. The molecule has 19 heavy (non-hydrogen) atoms. The fourth-order valence-corrected chi connectivity index (χ4v) is 2.06. The zero-order chi connectivity index (χ0) is 14.6. The lowest BCUT2D eigenvalue weighted by Gasteiger charge is -2.20. The van der Waals surface area contributed by atoms with Gasteiger partial charge in [0.1, 0.15) is 11.9 Å². The van der Waals surface area contributed by atoms with Crippen molar-refractivity contribution in [3.05, 3.63) is 22.4 Å². The summed E-state index contributed by atoms with van der Waals surface area (Å²) >= 11 is 3.05. The Kier molecular flexibility index (Phi) is 5.60. The average molecular weight is 333 g/mol. The molecule has 0 aliphatic heterocycles. The third kappa shape index (κ3) is 4.38. The van der Waals surface area contributed by atoms with Crippen molar-refractivity contribution in [2.75, 3.05) is 18.2 Å². The standard InChI is InChI=1S/C13H18BrFN2O2/c1-7(2)4-12(13(18)19-3)17-11-6-9(15)8(14)5-10(11)16/h5-7,12,17H,4,16H2,1-3H3. The van der Waals surface area contributed by atoms with Gasteiger partial charge in [0, 0.05) is 6.07 Å². The van der Waals surface area contributed by atoms with Crippen LogP contribution in [0.4, 0.5) is 15.8 Å². The number of carbonyl (C=O) groups excluding carboxylic acids is 1. The van der Waals surface area contributed by atoms with Crippen LogP contribution in [0.1, 0.15) is 20.3 Å². The minimum atomic E-state index is -0.548. The summed E-state index contributed by atoms with van der Waals surface area (Å²) < 4.78 is 18.5. The normalized spacial score (nSPS) is 12.3. The van der Waals surface area contributed by atoms with Gasteiger partial charge in [-0.3, -0.25) is 0 Å². The molecule has 0 saturated heterocycles. The van der Waals surface area contributed by atoms with Crippen molar-refractivity contribution in [1.82, 2.24) is 0 Å². The fourth-order valence-electron chi connectivity index (χ4n) is 1.70. The van der Waals surface area contributed by atoms with Gasteiger partial charge in [-0.15, -0.1) is 0 Å². The highest BCUT2D eigenvalue weighted by atomic mass is 79.9. The Labute approximate surface area is 120 Å². The first-order valence-electron chi connectivity index (χ1n) is 5.94. The molecule has 0 fully saturated rings. The molecule has 1 aromatic rings. The fraction of sp³-hybridized carbons (Fsp3) is 0.462. The SMILES string of the molecule is COC(=O)C(CC(C)C)Nc1cc(F)c(Br)cc1N. The molecule has 106 valence electrons. The highest BCUT2D eigenvalue weighted by molar-refractivity contribution is 9.10. The smallest absolute Gasteiger partial charge is 0.328 e. The molecular formula is C13H18BrFN2O2. The molecule has 0 aliphatic rings. The van der Waals surface area contributed by atoms with Crippen LogP contribution in [0.5, 0.6) is 0 Å². The first-order valence-corrected chi connectivity index (χ1v) is 6.73. The maximum Gasteiger partial charge on any atom is 0.328 e. The molecule has 0 aliphatic carbocycles. The number of esters is 1. The number of carbonyl (C=O) groups is 1. The van der Waals surface area contributed by atoms with Crippen LogP contribution in [-0.4, -0.2) is 19.1 Å². The van der Waals surface area contributed by atoms with E-state index in [1.165, 1.54) is 19.2 Å². The number of rotatable bonds is 5. The molecule has 3 N–H and O–H groups in total. The first kappa shape index (κ1) is 15.8. The van der Waals surface area contributed by atoms with Crippen molar-refractivity contribution in [1.29, 1.82) is 0 Å². The van der Waals surface area contributed by atoms with Gasteiger partial charge < -0.3 is 15.8 Å². The van der Waals surface area contributed by atoms with Gasteiger partial charge in [-0.2, -0.15) is 0 Å². The number of nitrogens with two attached hydrogens (primary N) is 1. The number of nitrogens with one attached hydrogen (secondary N) is 1. The number of halogens is 2. The molecule has 0 amide bonds. The molecule has 1 aromatic carbocycles. The molecule has 1 rings (SSSR count). The number of ether oxygens (including phenoxy) is 1. The molecule has 0 saturated carbocycles. The molecule has 4 nitrogen and oxygen atoms in total. The molecule has 0 bridgehead atoms. The predicted molar refractivity (Wildman–Crippen MR) is 77.4 cm³/mol. The molecule has 6 heteroatoms. The van der Waals surface area contributed by atoms with Crippen molar-refractivity contribution < 1.29 is 13.9 Å². The van der Waals surface area contributed by atoms with E-state index >= 15 is 0 Å². The quantitative estimate of drug-likeness (QED) is 0.642. The number of hydrogen-bond donors (Lipinski definition) is 2. The van der Waals surface area contributed by atoms with Crippen LogP contribution in [0.15, 0.2) is 16.6 Å². The average Bonchev–Trinajstić information content (AvgIpc) is 2.33. The highest BCUT2D eigenvalue weighted by Crippen LogP contribution is 2.27. The van der Waals surface area contributed by atoms with Crippen LogP contribution in [0.25, 0.3) is 0 Å². The van der Waals surface area contributed by atoms with E-state index in [1.54, 1.807) is 0 Å². The van der Waals surface area contributed by atoms with Crippen LogP contribution in [0.2, 0.25) is 0 Å². The van der Waals surface area contributed by atoms with Crippen LogP contribution in [0.3, 0.4) is 0 Å². The summed E-state index contributed by atoms with van der Waals surface area (Å²) in [7, 11) is 1.32. The largest absolute Gasteiger partial charge is 0.467 e. The molecule has 0 radical (unpaired) electrons. The zero-order valence-corrected chi connectivity index (χ0v) is 12.8. The zero-order valence-electron chi connectivity index (χ0n) is 11.2. The Bertz CT molecular complexity index is 466. The molecule has 0 spiro atoms. The topological polar surface area (TPSA) is 64.3 Å². The van der Waals surface area contributed by atoms with E-state index in [0.717, 1.165) is 0 Å². The van der Waals surface area contributed by atoms with Gasteiger partial charge in [0.2, 0.25) is 0 Å². The lowest BCUT2D eigenvalue weighted by Crippen LogP contribution is -2.32. The minimum absolute atomic E-state index is 0.286.